The highest BCUT2D eigenvalue weighted by molar-refractivity contribution is 6.34. The van der Waals surface area contributed by atoms with Crippen molar-refractivity contribution in [3.8, 4) is 11.3 Å². The molecule has 2 aromatic carbocycles. The second-order valence-corrected chi connectivity index (χ2v) is 5.85. The van der Waals surface area contributed by atoms with Crippen LogP contribution < -0.4 is 5.32 Å². The minimum atomic E-state index is -0.569. The van der Waals surface area contributed by atoms with Crippen LogP contribution in [0.2, 0.25) is 5.02 Å². The minimum absolute atomic E-state index is 0.0132. The average molecular weight is 369 g/mol. The van der Waals surface area contributed by atoms with E-state index in [9.17, 15) is 14.9 Å². The van der Waals surface area contributed by atoms with Crippen LogP contribution in [0.3, 0.4) is 0 Å². The summed E-state index contributed by atoms with van der Waals surface area (Å²) in [6.45, 7) is 1.80. The predicted molar refractivity (Wildman–Crippen MR) is 98.3 cm³/mol. The number of aryl methyl sites for hydroxylation is 1. The molecule has 0 unspecified atom stereocenters. The molecule has 0 aliphatic rings. The zero-order valence-electron chi connectivity index (χ0n) is 13.6. The molecule has 0 atom stereocenters. The summed E-state index contributed by atoms with van der Waals surface area (Å²) < 4.78 is 0. The Hall–Kier alpha value is -3.32. The molecule has 130 valence electrons. The highest BCUT2D eigenvalue weighted by Crippen LogP contribution is 2.25. The number of carbonyl (C=O) groups is 1. The normalized spacial score (nSPS) is 10.4. The summed E-state index contributed by atoms with van der Waals surface area (Å²) in [6.07, 6.45) is 1.67. The highest BCUT2D eigenvalue weighted by Gasteiger charge is 2.15. The Balaban J connectivity index is 1.84. The lowest BCUT2D eigenvalue weighted by atomic mass is 10.1. The molecule has 0 saturated heterocycles. The van der Waals surface area contributed by atoms with Gasteiger partial charge in [-0.15, -0.1) is 0 Å². The van der Waals surface area contributed by atoms with Crippen molar-refractivity contribution in [2.45, 2.75) is 6.92 Å². The molecular formula is C18H13ClN4O3. The summed E-state index contributed by atoms with van der Waals surface area (Å²) in [5.74, 6) is 0.190. The quantitative estimate of drug-likeness (QED) is 0.547. The number of hydrogen-bond donors (Lipinski definition) is 1. The molecule has 0 bridgehead atoms. The Morgan fingerprint density at radius 1 is 1.19 bits per heavy atom. The van der Waals surface area contributed by atoms with E-state index < -0.39 is 10.8 Å². The number of amides is 1. The molecule has 1 heterocycles. The molecule has 26 heavy (non-hydrogen) atoms. The molecule has 0 aliphatic heterocycles. The Morgan fingerprint density at radius 3 is 2.69 bits per heavy atom. The molecule has 1 aromatic heterocycles. The summed E-state index contributed by atoms with van der Waals surface area (Å²) >= 11 is 6.00. The van der Waals surface area contributed by atoms with Gasteiger partial charge in [0.15, 0.2) is 0 Å². The van der Waals surface area contributed by atoms with Crippen molar-refractivity contribution in [2.75, 3.05) is 5.32 Å². The smallest absolute Gasteiger partial charge is 0.270 e. The van der Waals surface area contributed by atoms with E-state index >= 15 is 0 Å². The number of halogens is 1. The van der Waals surface area contributed by atoms with Gasteiger partial charge in [-0.3, -0.25) is 14.9 Å². The maximum absolute atomic E-state index is 12.4. The van der Waals surface area contributed by atoms with E-state index in [4.69, 9.17) is 11.6 Å². The first-order valence-electron chi connectivity index (χ1n) is 7.59. The number of anilines is 1. The predicted octanol–water partition coefficient (Wildman–Crippen LogP) is 4.27. The van der Waals surface area contributed by atoms with Crippen molar-refractivity contribution in [1.29, 1.82) is 0 Å². The van der Waals surface area contributed by atoms with Gasteiger partial charge in [0, 0.05) is 29.6 Å². The van der Waals surface area contributed by atoms with E-state index in [1.54, 1.807) is 37.4 Å². The van der Waals surface area contributed by atoms with Gasteiger partial charge >= 0.3 is 0 Å². The summed E-state index contributed by atoms with van der Waals surface area (Å²) in [6, 6.07) is 12.7. The number of rotatable bonds is 4. The Morgan fingerprint density at radius 2 is 2.00 bits per heavy atom. The monoisotopic (exact) mass is 368 g/mol. The largest absolute Gasteiger partial charge is 0.322 e. The zero-order chi connectivity index (χ0) is 18.7. The minimum Gasteiger partial charge on any atom is -0.322 e. The van der Waals surface area contributed by atoms with Gasteiger partial charge in [-0.05, 0) is 31.2 Å². The van der Waals surface area contributed by atoms with Crippen LogP contribution in [0.25, 0.3) is 11.3 Å². The van der Waals surface area contributed by atoms with E-state index in [0.29, 0.717) is 11.5 Å². The fourth-order valence-electron chi connectivity index (χ4n) is 2.37. The van der Waals surface area contributed by atoms with Crippen molar-refractivity contribution >= 4 is 28.9 Å². The third kappa shape index (κ3) is 3.84. The molecular weight excluding hydrogens is 356 g/mol. The number of carbonyl (C=O) groups excluding carboxylic acids is 1. The van der Waals surface area contributed by atoms with E-state index in [1.165, 1.54) is 12.1 Å². The molecule has 8 heteroatoms. The lowest BCUT2D eigenvalue weighted by molar-refractivity contribution is -0.384. The molecule has 1 amide bonds. The van der Waals surface area contributed by atoms with Crippen LogP contribution in [0.1, 0.15) is 16.2 Å². The Labute approximate surface area is 153 Å². The number of hydrogen-bond acceptors (Lipinski definition) is 5. The third-order valence-corrected chi connectivity index (χ3v) is 3.91. The lowest BCUT2D eigenvalue weighted by Gasteiger charge is -2.09. The van der Waals surface area contributed by atoms with Crippen molar-refractivity contribution in [2.24, 2.45) is 0 Å². The lowest BCUT2D eigenvalue weighted by Crippen LogP contribution is -2.12. The molecule has 3 aromatic rings. The Bertz CT molecular complexity index is 1010. The highest BCUT2D eigenvalue weighted by atomic mass is 35.5. The van der Waals surface area contributed by atoms with Gasteiger partial charge in [-0.2, -0.15) is 0 Å². The molecule has 3 rings (SSSR count). The fourth-order valence-corrected chi connectivity index (χ4v) is 2.63. The van der Waals surface area contributed by atoms with Crippen LogP contribution in [0.15, 0.2) is 54.7 Å². The second kappa shape index (κ2) is 7.28. The maximum Gasteiger partial charge on any atom is 0.270 e. The van der Waals surface area contributed by atoms with E-state index in [2.05, 4.69) is 15.3 Å². The standard InChI is InChI=1S/C18H13ClN4O3/c1-11-20-8-7-17(21-11)12-3-2-4-13(9-12)22-18(24)15-6-5-14(23(25)26)10-16(15)19/h2-10H,1H3,(H,22,24). The summed E-state index contributed by atoms with van der Waals surface area (Å²) in [5.41, 5.74) is 2.09. The number of nitrogens with one attached hydrogen (secondary N) is 1. The van der Waals surface area contributed by atoms with Gasteiger partial charge in [0.2, 0.25) is 0 Å². The summed E-state index contributed by atoms with van der Waals surface area (Å²) in [4.78, 5) is 31.0. The van der Waals surface area contributed by atoms with Gasteiger partial charge in [0.25, 0.3) is 11.6 Å². The molecule has 0 spiro atoms. The van der Waals surface area contributed by atoms with Crippen LogP contribution >= 0.6 is 11.6 Å². The SMILES string of the molecule is Cc1nccc(-c2cccc(NC(=O)c3ccc([N+](=O)[O-])cc3Cl)c2)n1. The topological polar surface area (TPSA) is 98.0 Å². The van der Waals surface area contributed by atoms with Gasteiger partial charge in [-0.25, -0.2) is 9.97 Å². The van der Waals surface area contributed by atoms with Crippen LogP contribution in [0.5, 0.6) is 0 Å². The van der Waals surface area contributed by atoms with Crippen LogP contribution in [-0.2, 0) is 0 Å². The van der Waals surface area contributed by atoms with Crippen molar-refractivity contribution in [3.63, 3.8) is 0 Å². The Kier molecular flexibility index (Phi) is 4.90. The number of non-ortho nitro benzene ring substituents is 1. The maximum atomic E-state index is 12.4. The number of nitrogens with zero attached hydrogens (tertiary/aromatic N) is 3. The zero-order valence-corrected chi connectivity index (χ0v) is 14.4. The third-order valence-electron chi connectivity index (χ3n) is 3.60. The molecule has 0 saturated carbocycles. The van der Waals surface area contributed by atoms with Gasteiger partial charge < -0.3 is 5.32 Å². The second-order valence-electron chi connectivity index (χ2n) is 5.45. The first kappa shape index (κ1) is 17.5. The molecule has 1 N–H and O–H groups in total. The number of aromatic nitrogens is 2. The summed E-state index contributed by atoms with van der Waals surface area (Å²) in [5, 5.41) is 13.5. The first-order valence-corrected chi connectivity index (χ1v) is 7.97. The summed E-state index contributed by atoms with van der Waals surface area (Å²) in [7, 11) is 0. The van der Waals surface area contributed by atoms with Gasteiger partial charge in [0.1, 0.15) is 5.82 Å². The molecule has 0 fully saturated rings. The van der Waals surface area contributed by atoms with Crippen LogP contribution in [0.4, 0.5) is 11.4 Å². The molecule has 0 radical (unpaired) electrons. The van der Waals surface area contributed by atoms with Gasteiger partial charge in [-0.1, -0.05) is 23.7 Å². The average Bonchev–Trinajstić information content (AvgIpc) is 2.61. The van der Waals surface area contributed by atoms with Crippen molar-refractivity contribution in [1.82, 2.24) is 9.97 Å². The van der Waals surface area contributed by atoms with E-state index in [-0.39, 0.29) is 16.3 Å². The fraction of sp³-hybridized carbons (Fsp3) is 0.0556. The van der Waals surface area contributed by atoms with Crippen molar-refractivity contribution < 1.29 is 9.72 Å². The first-order chi connectivity index (χ1) is 12.4. The number of benzene rings is 2. The van der Waals surface area contributed by atoms with Crippen LogP contribution in [0, 0.1) is 17.0 Å². The van der Waals surface area contributed by atoms with Crippen LogP contribution in [-0.4, -0.2) is 20.8 Å². The van der Waals surface area contributed by atoms with Gasteiger partial charge in [0.05, 0.1) is 21.2 Å². The molecule has 7 nitrogen and oxygen atoms in total. The van der Waals surface area contributed by atoms with E-state index in [1.807, 2.05) is 6.07 Å². The molecule has 0 aliphatic carbocycles. The number of nitro groups is 1. The number of nitro benzene ring substituents is 1. The van der Waals surface area contributed by atoms with Crippen molar-refractivity contribution in [3.05, 3.63) is 81.3 Å². The van der Waals surface area contributed by atoms with E-state index in [0.717, 1.165) is 17.3 Å².